The van der Waals surface area contributed by atoms with Gasteiger partial charge in [0.1, 0.15) is 5.82 Å². The molecule has 4 nitrogen and oxygen atoms in total. The summed E-state index contributed by atoms with van der Waals surface area (Å²) in [5.74, 6) is -0.130. The van der Waals surface area contributed by atoms with E-state index in [1.165, 1.54) is 34.6 Å². The fourth-order valence-corrected chi connectivity index (χ4v) is 3.99. The molecule has 136 valence electrons. The number of rotatable bonds is 4. The second-order valence-corrected chi connectivity index (χ2v) is 7.28. The molecule has 2 aromatic rings. The van der Waals surface area contributed by atoms with Crippen LogP contribution in [0.4, 0.5) is 15.8 Å². The summed E-state index contributed by atoms with van der Waals surface area (Å²) in [5.41, 5.74) is 4.77. The molecule has 0 radical (unpaired) electrons. The fourth-order valence-electron chi connectivity index (χ4n) is 3.99. The molecule has 0 aromatic heterocycles. The molecule has 0 bridgehead atoms. The smallest absolute Gasteiger partial charge is 0.279 e. The summed E-state index contributed by atoms with van der Waals surface area (Å²) < 4.78 is 13.0. The van der Waals surface area contributed by atoms with Crippen LogP contribution < -0.4 is 15.1 Å². The average Bonchev–Trinajstić information content (AvgIpc) is 3.11. The van der Waals surface area contributed by atoms with Crippen molar-refractivity contribution >= 4 is 17.3 Å². The van der Waals surface area contributed by atoms with E-state index < -0.39 is 0 Å². The van der Waals surface area contributed by atoms with Crippen LogP contribution in [0, 0.1) is 5.82 Å². The van der Waals surface area contributed by atoms with Gasteiger partial charge in [0.05, 0.1) is 26.2 Å². The largest absolute Gasteiger partial charge is 0.360 e. The maximum absolute atomic E-state index is 13.0. The number of amides is 1. The number of carbonyl (C=O) groups excluding carboxylic acids is 1. The molecule has 1 fully saturated rings. The van der Waals surface area contributed by atoms with E-state index in [1.54, 1.807) is 0 Å². The molecular weight excluding hydrogens is 329 g/mol. The summed E-state index contributed by atoms with van der Waals surface area (Å²) in [5, 5.41) is 3.05. The minimum absolute atomic E-state index is 0.0770. The summed E-state index contributed by atoms with van der Waals surface area (Å²) in [6.45, 7) is 4.08. The van der Waals surface area contributed by atoms with Gasteiger partial charge in [-0.15, -0.1) is 0 Å². The minimum atomic E-state index is -0.207. The van der Waals surface area contributed by atoms with Crippen molar-refractivity contribution < 1.29 is 14.1 Å². The van der Waals surface area contributed by atoms with E-state index in [9.17, 15) is 9.18 Å². The van der Waals surface area contributed by atoms with Gasteiger partial charge in [-0.3, -0.25) is 4.79 Å². The van der Waals surface area contributed by atoms with Gasteiger partial charge in [0, 0.05) is 11.4 Å². The van der Waals surface area contributed by atoms with Crippen LogP contribution in [-0.2, 0) is 17.6 Å². The van der Waals surface area contributed by atoms with Crippen molar-refractivity contribution in [1.82, 2.24) is 0 Å². The Hall–Kier alpha value is -2.40. The number of nitrogens with zero attached hydrogens (tertiary/aromatic N) is 1. The van der Waals surface area contributed by atoms with Crippen LogP contribution in [0.2, 0.25) is 0 Å². The van der Waals surface area contributed by atoms with Crippen LogP contribution >= 0.6 is 0 Å². The van der Waals surface area contributed by atoms with Gasteiger partial charge < -0.3 is 15.1 Å². The maximum atomic E-state index is 13.0. The van der Waals surface area contributed by atoms with Crippen molar-refractivity contribution in [1.29, 1.82) is 0 Å². The zero-order valence-electron chi connectivity index (χ0n) is 14.9. The van der Waals surface area contributed by atoms with Gasteiger partial charge in [0.25, 0.3) is 5.91 Å². The Kier molecular flexibility index (Phi) is 4.89. The zero-order valence-corrected chi connectivity index (χ0v) is 14.9. The number of benzene rings is 2. The van der Waals surface area contributed by atoms with E-state index in [0.717, 1.165) is 50.4 Å². The average molecular weight is 354 g/mol. The van der Waals surface area contributed by atoms with E-state index >= 15 is 0 Å². The van der Waals surface area contributed by atoms with Gasteiger partial charge in [-0.25, -0.2) is 4.39 Å². The second kappa shape index (κ2) is 7.46. The quantitative estimate of drug-likeness (QED) is 0.876. The first kappa shape index (κ1) is 17.0. The molecule has 1 aliphatic carbocycles. The molecule has 1 heterocycles. The van der Waals surface area contributed by atoms with Crippen LogP contribution in [0.1, 0.15) is 17.5 Å². The topological polar surface area (TPSA) is 36.8 Å². The molecule has 26 heavy (non-hydrogen) atoms. The second-order valence-electron chi connectivity index (χ2n) is 7.28. The van der Waals surface area contributed by atoms with Gasteiger partial charge in [-0.05, 0) is 66.8 Å². The number of quaternary nitrogens is 1. The highest BCUT2D eigenvalue weighted by atomic mass is 19.1. The van der Waals surface area contributed by atoms with Crippen LogP contribution in [0.15, 0.2) is 42.5 Å². The lowest BCUT2D eigenvalue weighted by Gasteiger charge is -2.33. The Bertz CT molecular complexity index is 782. The lowest BCUT2D eigenvalue weighted by atomic mass is 10.1. The Morgan fingerprint density at radius 1 is 1.04 bits per heavy atom. The molecule has 4 rings (SSSR count). The van der Waals surface area contributed by atoms with E-state index in [0.29, 0.717) is 6.54 Å². The number of fused-ring (bicyclic) bond motifs is 1. The molecule has 0 atom stereocenters. The first-order chi connectivity index (χ1) is 12.7. The van der Waals surface area contributed by atoms with Gasteiger partial charge in [-0.2, -0.15) is 0 Å². The molecule has 1 amide bonds. The molecule has 2 aromatic carbocycles. The predicted octanol–water partition coefficient (Wildman–Crippen LogP) is 1.66. The third-order valence-electron chi connectivity index (χ3n) is 5.46. The molecule has 0 saturated carbocycles. The minimum Gasteiger partial charge on any atom is -0.360 e. The van der Waals surface area contributed by atoms with Gasteiger partial charge in [-0.1, -0.05) is 6.07 Å². The predicted molar refractivity (Wildman–Crippen MR) is 101 cm³/mol. The first-order valence-corrected chi connectivity index (χ1v) is 9.43. The number of hydrogen-bond acceptors (Lipinski definition) is 2. The Labute approximate surface area is 153 Å². The van der Waals surface area contributed by atoms with Crippen molar-refractivity contribution in [2.24, 2.45) is 0 Å². The summed E-state index contributed by atoms with van der Waals surface area (Å²) in [6.07, 6.45) is 3.50. The van der Waals surface area contributed by atoms with Crippen molar-refractivity contribution in [2.75, 3.05) is 42.9 Å². The van der Waals surface area contributed by atoms with E-state index in [2.05, 4.69) is 22.3 Å². The number of anilines is 2. The molecule has 5 heteroatoms. The molecular formula is C21H25FN3O+. The number of aryl methyl sites for hydroxylation is 2. The summed E-state index contributed by atoms with van der Waals surface area (Å²) in [6, 6.07) is 12.9. The lowest BCUT2D eigenvalue weighted by molar-refractivity contribution is -0.892. The van der Waals surface area contributed by atoms with E-state index in [-0.39, 0.29) is 11.7 Å². The molecule has 0 unspecified atom stereocenters. The Balaban J connectivity index is 1.27. The van der Waals surface area contributed by atoms with Crippen molar-refractivity contribution in [3.63, 3.8) is 0 Å². The summed E-state index contributed by atoms with van der Waals surface area (Å²) in [4.78, 5) is 15.9. The fraction of sp³-hybridized carbons (Fsp3) is 0.381. The third kappa shape index (κ3) is 3.88. The van der Waals surface area contributed by atoms with Crippen LogP contribution in [-0.4, -0.2) is 38.6 Å². The summed E-state index contributed by atoms with van der Waals surface area (Å²) >= 11 is 0. The van der Waals surface area contributed by atoms with E-state index in [4.69, 9.17) is 0 Å². The van der Waals surface area contributed by atoms with Crippen molar-refractivity contribution in [3.05, 3.63) is 59.4 Å². The number of piperazine rings is 1. The van der Waals surface area contributed by atoms with Gasteiger partial charge in [0.15, 0.2) is 6.54 Å². The van der Waals surface area contributed by atoms with Crippen molar-refractivity contribution in [3.8, 4) is 0 Å². The van der Waals surface area contributed by atoms with Gasteiger partial charge in [0.2, 0.25) is 0 Å². The molecule has 2 aliphatic rings. The SMILES string of the molecule is O=C(C[NH+]1CCN(c2ccc(F)cc2)CC1)Nc1ccc2c(c1)CCC2. The molecule has 1 saturated heterocycles. The van der Waals surface area contributed by atoms with Crippen molar-refractivity contribution in [2.45, 2.75) is 19.3 Å². The molecule has 1 aliphatic heterocycles. The number of nitrogens with one attached hydrogen (secondary N) is 2. The Morgan fingerprint density at radius 2 is 1.77 bits per heavy atom. The third-order valence-corrected chi connectivity index (χ3v) is 5.46. The lowest BCUT2D eigenvalue weighted by Crippen LogP contribution is -3.15. The zero-order chi connectivity index (χ0) is 17.9. The highest BCUT2D eigenvalue weighted by Crippen LogP contribution is 2.24. The number of carbonyl (C=O) groups is 1. The molecule has 0 spiro atoms. The normalized spacial score (nSPS) is 17.2. The molecule has 2 N–H and O–H groups in total. The first-order valence-electron chi connectivity index (χ1n) is 9.43. The van der Waals surface area contributed by atoms with Crippen LogP contribution in [0.25, 0.3) is 0 Å². The number of hydrogen-bond donors (Lipinski definition) is 2. The standard InChI is InChI=1S/C21H24FN3O/c22-18-5-8-20(9-6-18)25-12-10-24(11-13-25)15-21(26)23-19-7-4-16-2-1-3-17(16)14-19/h4-9,14H,1-3,10-13,15H2,(H,23,26)/p+1. The summed E-state index contributed by atoms with van der Waals surface area (Å²) in [7, 11) is 0. The number of halogens is 1. The highest BCUT2D eigenvalue weighted by molar-refractivity contribution is 5.91. The van der Waals surface area contributed by atoms with Gasteiger partial charge >= 0.3 is 0 Å². The van der Waals surface area contributed by atoms with Crippen LogP contribution in [0.3, 0.4) is 0 Å². The van der Waals surface area contributed by atoms with Crippen LogP contribution in [0.5, 0.6) is 0 Å². The highest BCUT2D eigenvalue weighted by Gasteiger charge is 2.22. The van der Waals surface area contributed by atoms with E-state index in [1.807, 2.05) is 18.2 Å². The Morgan fingerprint density at radius 3 is 2.54 bits per heavy atom. The maximum Gasteiger partial charge on any atom is 0.279 e. The monoisotopic (exact) mass is 354 g/mol.